The Hall–Kier alpha value is -2.75. The number of hydrogen-bond acceptors (Lipinski definition) is 3. The lowest BCUT2D eigenvalue weighted by atomic mass is 10.2. The monoisotopic (exact) mass is 297 g/mol. The maximum atomic E-state index is 11.9. The molecule has 0 saturated carbocycles. The second-order valence-electron chi connectivity index (χ2n) is 4.80. The van der Waals surface area contributed by atoms with Crippen molar-refractivity contribution in [2.45, 2.75) is 6.92 Å². The van der Waals surface area contributed by atoms with Crippen LogP contribution in [0, 0.1) is 6.92 Å². The van der Waals surface area contributed by atoms with E-state index in [-0.39, 0.29) is 5.91 Å². The predicted octanol–water partition coefficient (Wildman–Crippen LogP) is 3.66. The molecule has 1 amide bonds. The summed E-state index contributed by atoms with van der Waals surface area (Å²) in [5.41, 5.74) is 2.78. The van der Waals surface area contributed by atoms with Crippen molar-refractivity contribution in [3.63, 3.8) is 0 Å². The summed E-state index contributed by atoms with van der Waals surface area (Å²) in [6.45, 7) is 2.00. The summed E-state index contributed by atoms with van der Waals surface area (Å²) in [4.78, 5) is 11.9. The van der Waals surface area contributed by atoms with Gasteiger partial charge < -0.3 is 14.8 Å². The van der Waals surface area contributed by atoms with E-state index in [0.29, 0.717) is 11.5 Å². The Morgan fingerprint density at radius 3 is 2.32 bits per heavy atom. The van der Waals surface area contributed by atoms with E-state index in [4.69, 9.17) is 9.47 Å². The Morgan fingerprint density at radius 1 is 1.00 bits per heavy atom. The molecule has 114 valence electrons. The zero-order valence-corrected chi connectivity index (χ0v) is 12.9. The van der Waals surface area contributed by atoms with Crippen LogP contribution >= 0.6 is 0 Å². The lowest BCUT2D eigenvalue weighted by molar-refractivity contribution is -0.111. The van der Waals surface area contributed by atoms with Crippen LogP contribution in [0.2, 0.25) is 0 Å². The van der Waals surface area contributed by atoms with E-state index in [9.17, 15) is 4.79 Å². The molecule has 0 unspecified atom stereocenters. The highest BCUT2D eigenvalue weighted by atomic mass is 16.5. The minimum Gasteiger partial charge on any atom is -0.493 e. The molecule has 0 aliphatic carbocycles. The van der Waals surface area contributed by atoms with E-state index >= 15 is 0 Å². The summed E-state index contributed by atoms with van der Waals surface area (Å²) in [6.07, 6.45) is 3.21. The van der Waals surface area contributed by atoms with Crippen LogP contribution in [0.3, 0.4) is 0 Å². The molecule has 4 nitrogen and oxygen atoms in total. The molecule has 0 spiro atoms. The number of rotatable bonds is 5. The van der Waals surface area contributed by atoms with Crippen LogP contribution in [0.15, 0.2) is 48.5 Å². The molecule has 0 aromatic heterocycles. The zero-order valence-electron chi connectivity index (χ0n) is 12.9. The Balaban J connectivity index is 2.04. The maximum absolute atomic E-state index is 11.9. The zero-order chi connectivity index (χ0) is 15.9. The Labute approximate surface area is 130 Å². The van der Waals surface area contributed by atoms with Crippen molar-refractivity contribution >= 4 is 17.7 Å². The van der Waals surface area contributed by atoms with Crippen LogP contribution in [-0.2, 0) is 4.79 Å². The molecule has 4 heteroatoms. The van der Waals surface area contributed by atoms with Gasteiger partial charge in [0.1, 0.15) is 0 Å². The third-order valence-corrected chi connectivity index (χ3v) is 3.15. The number of carbonyl (C=O) groups excluding carboxylic acids is 1. The molecule has 2 rings (SSSR count). The van der Waals surface area contributed by atoms with E-state index < -0.39 is 0 Å². The van der Waals surface area contributed by atoms with Crippen LogP contribution in [0.4, 0.5) is 5.69 Å². The molecular weight excluding hydrogens is 278 g/mol. The third kappa shape index (κ3) is 4.12. The van der Waals surface area contributed by atoms with E-state index in [1.54, 1.807) is 26.4 Å². The van der Waals surface area contributed by atoms with Gasteiger partial charge in [-0.15, -0.1) is 0 Å². The van der Waals surface area contributed by atoms with Gasteiger partial charge in [0, 0.05) is 11.8 Å². The predicted molar refractivity (Wildman–Crippen MR) is 88.4 cm³/mol. The third-order valence-electron chi connectivity index (χ3n) is 3.15. The summed E-state index contributed by atoms with van der Waals surface area (Å²) >= 11 is 0. The van der Waals surface area contributed by atoms with Gasteiger partial charge in [-0.3, -0.25) is 4.79 Å². The van der Waals surface area contributed by atoms with Crippen molar-refractivity contribution in [3.05, 3.63) is 59.7 Å². The SMILES string of the molecule is COc1ccc(/C=C/C(=O)Nc2ccc(C)cc2)cc1OC. The minimum atomic E-state index is -0.182. The highest BCUT2D eigenvalue weighted by Gasteiger charge is 2.03. The van der Waals surface area contributed by atoms with Gasteiger partial charge in [-0.2, -0.15) is 0 Å². The Morgan fingerprint density at radius 2 is 1.68 bits per heavy atom. The van der Waals surface area contributed by atoms with Crippen molar-refractivity contribution in [1.29, 1.82) is 0 Å². The largest absolute Gasteiger partial charge is 0.493 e. The number of ether oxygens (including phenoxy) is 2. The average Bonchev–Trinajstić information content (AvgIpc) is 2.54. The first kappa shape index (κ1) is 15.6. The van der Waals surface area contributed by atoms with Crippen LogP contribution in [0.25, 0.3) is 6.08 Å². The molecular formula is C18H19NO3. The fourth-order valence-corrected chi connectivity index (χ4v) is 1.95. The summed E-state index contributed by atoms with van der Waals surface area (Å²) in [5.74, 6) is 1.10. The fourth-order valence-electron chi connectivity index (χ4n) is 1.95. The smallest absolute Gasteiger partial charge is 0.248 e. The molecule has 2 aromatic rings. The van der Waals surface area contributed by atoms with Crippen molar-refractivity contribution < 1.29 is 14.3 Å². The highest BCUT2D eigenvalue weighted by Crippen LogP contribution is 2.27. The van der Waals surface area contributed by atoms with Gasteiger partial charge in [0.25, 0.3) is 0 Å². The van der Waals surface area contributed by atoms with Crippen molar-refractivity contribution in [1.82, 2.24) is 0 Å². The normalized spacial score (nSPS) is 10.5. The molecule has 0 bridgehead atoms. The molecule has 0 aliphatic heterocycles. The lowest BCUT2D eigenvalue weighted by Crippen LogP contribution is -2.07. The Kier molecular flexibility index (Phi) is 5.20. The number of benzene rings is 2. The van der Waals surface area contributed by atoms with Crippen LogP contribution in [-0.4, -0.2) is 20.1 Å². The fraction of sp³-hybridized carbons (Fsp3) is 0.167. The van der Waals surface area contributed by atoms with E-state index in [2.05, 4.69) is 5.32 Å². The maximum Gasteiger partial charge on any atom is 0.248 e. The number of methoxy groups -OCH3 is 2. The summed E-state index contributed by atoms with van der Waals surface area (Å²) in [7, 11) is 3.16. The van der Waals surface area contributed by atoms with Crippen molar-refractivity contribution in [2.75, 3.05) is 19.5 Å². The molecule has 0 saturated heterocycles. The van der Waals surface area contributed by atoms with Gasteiger partial charge in [0.15, 0.2) is 11.5 Å². The molecule has 0 fully saturated rings. The van der Waals surface area contributed by atoms with Gasteiger partial charge in [-0.05, 0) is 42.8 Å². The van der Waals surface area contributed by atoms with Gasteiger partial charge >= 0.3 is 0 Å². The molecule has 2 aromatic carbocycles. The minimum absolute atomic E-state index is 0.182. The second kappa shape index (κ2) is 7.31. The first-order valence-corrected chi connectivity index (χ1v) is 6.90. The number of aryl methyl sites for hydroxylation is 1. The van der Waals surface area contributed by atoms with Crippen LogP contribution < -0.4 is 14.8 Å². The first-order chi connectivity index (χ1) is 10.6. The first-order valence-electron chi connectivity index (χ1n) is 6.90. The highest BCUT2D eigenvalue weighted by molar-refractivity contribution is 6.01. The number of anilines is 1. The number of hydrogen-bond donors (Lipinski definition) is 1. The average molecular weight is 297 g/mol. The topological polar surface area (TPSA) is 47.6 Å². The molecule has 0 heterocycles. The Bertz CT molecular complexity index is 675. The molecule has 0 atom stereocenters. The second-order valence-corrected chi connectivity index (χ2v) is 4.80. The van der Waals surface area contributed by atoms with Crippen molar-refractivity contribution in [2.24, 2.45) is 0 Å². The molecule has 0 aliphatic rings. The quantitative estimate of drug-likeness (QED) is 0.857. The van der Waals surface area contributed by atoms with E-state index in [1.165, 1.54) is 6.08 Å². The number of nitrogens with one attached hydrogen (secondary N) is 1. The number of amides is 1. The molecule has 0 radical (unpaired) electrons. The van der Waals surface area contributed by atoms with E-state index in [1.807, 2.05) is 43.3 Å². The van der Waals surface area contributed by atoms with Gasteiger partial charge in [0.05, 0.1) is 14.2 Å². The van der Waals surface area contributed by atoms with Crippen LogP contribution in [0.1, 0.15) is 11.1 Å². The summed E-state index contributed by atoms with van der Waals surface area (Å²) in [6, 6.07) is 13.1. The van der Waals surface area contributed by atoms with Crippen molar-refractivity contribution in [3.8, 4) is 11.5 Å². The van der Waals surface area contributed by atoms with Crippen LogP contribution in [0.5, 0.6) is 11.5 Å². The van der Waals surface area contributed by atoms with Gasteiger partial charge in [-0.25, -0.2) is 0 Å². The lowest BCUT2D eigenvalue weighted by Gasteiger charge is -2.07. The number of carbonyl (C=O) groups is 1. The summed E-state index contributed by atoms with van der Waals surface area (Å²) in [5, 5.41) is 2.81. The van der Waals surface area contributed by atoms with E-state index in [0.717, 1.165) is 16.8 Å². The van der Waals surface area contributed by atoms with Gasteiger partial charge in [0.2, 0.25) is 5.91 Å². The summed E-state index contributed by atoms with van der Waals surface area (Å²) < 4.78 is 10.4. The molecule has 1 N–H and O–H groups in total. The standard InChI is InChI=1S/C18H19NO3/c1-13-4-8-15(9-5-13)19-18(20)11-7-14-6-10-16(21-2)17(12-14)22-3/h4-12H,1-3H3,(H,19,20)/b11-7+. The van der Waals surface area contributed by atoms with Gasteiger partial charge in [-0.1, -0.05) is 23.8 Å². The molecule has 22 heavy (non-hydrogen) atoms.